The molecular weight excluding hydrogens is 280 g/mol. The average Bonchev–Trinajstić information content (AvgIpc) is 2.45. The zero-order chi connectivity index (χ0) is 12.7. The fourth-order valence-electron chi connectivity index (χ4n) is 2.21. The van der Waals surface area contributed by atoms with Crippen molar-refractivity contribution in [2.75, 3.05) is 17.2 Å². The number of benzene rings is 1. The summed E-state index contributed by atoms with van der Waals surface area (Å²) in [5.74, 6) is 0.550. The maximum atomic E-state index is 12.2. The molecule has 0 fully saturated rings. The van der Waals surface area contributed by atoms with Crippen molar-refractivity contribution in [3.63, 3.8) is 0 Å². The number of nitrogen functional groups attached to an aromatic ring is 1. The van der Waals surface area contributed by atoms with Gasteiger partial charge in [0.25, 0.3) is 0 Å². The molecule has 2 rings (SSSR count). The molecular formula is C13H17BrN2O. The number of carbonyl (C=O) groups is 1. The first-order valence-electron chi connectivity index (χ1n) is 5.82. The van der Waals surface area contributed by atoms with Crippen molar-refractivity contribution in [3.05, 3.63) is 22.2 Å². The summed E-state index contributed by atoms with van der Waals surface area (Å²) < 4.78 is 0.863. The second kappa shape index (κ2) is 4.33. The van der Waals surface area contributed by atoms with Crippen LogP contribution < -0.4 is 10.6 Å². The lowest BCUT2D eigenvalue weighted by Crippen LogP contribution is -2.31. The molecule has 1 unspecified atom stereocenters. The van der Waals surface area contributed by atoms with Gasteiger partial charge in [-0.3, -0.25) is 4.79 Å². The van der Waals surface area contributed by atoms with Crippen LogP contribution in [0.4, 0.5) is 11.4 Å². The molecule has 4 heteroatoms. The molecule has 0 aromatic heterocycles. The van der Waals surface area contributed by atoms with E-state index in [1.165, 1.54) is 0 Å². The van der Waals surface area contributed by atoms with Crippen LogP contribution in [-0.2, 0) is 4.79 Å². The van der Waals surface area contributed by atoms with Crippen molar-refractivity contribution in [1.82, 2.24) is 0 Å². The fourth-order valence-corrected chi connectivity index (χ4v) is 2.57. The Bertz CT molecular complexity index is 471. The van der Waals surface area contributed by atoms with E-state index >= 15 is 0 Å². The van der Waals surface area contributed by atoms with Gasteiger partial charge in [0.05, 0.1) is 5.92 Å². The number of carbonyl (C=O) groups excluding carboxylic acids is 1. The molecule has 0 spiro atoms. The molecule has 0 saturated carbocycles. The van der Waals surface area contributed by atoms with Crippen molar-refractivity contribution in [2.24, 2.45) is 5.92 Å². The van der Waals surface area contributed by atoms with E-state index in [2.05, 4.69) is 29.8 Å². The van der Waals surface area contributed by atoms with Gasteiger partial charge in [0.15, 0.2) is 0 Å². The molecule has 0 bridgehead atoms. The highest BCUT2D eigenvalue weighted by Crippen LogP contribution is 2.41. The Morgan fingerprint density at radius 1 is 1.47 bits per heavy atom. The largest absolute Gasteiger partial charge is 0.398 e. The van der Waals surface area contributed by atoms with E-state index < -0.39 is 0 Å². The highest BCUT2D eigenvalue weighted by atomic mass is 79.9. The topological polar surface area (TPSA) is 46.3 Å². The van der Waals surface area contributed by atoms with Crippen LogP contribution in [0.1, 0.15) is 32.3 Å². The Labute approximate surface area is 110 Å². The van der Waals surface area contributed by atoms with Gasteiger partial charge < -0.3 is 10.6 Å². The van der Waals surface area contributed by atoms with Gasteiger partial charge in [0, 0.05) is 22.4 Å². The number of nitrogens with two attached hydrogens (primary N) is 1. The Morgan fingerprint density at radius 3 is 2.71 bits per heavy atom. The third-order valence-electron chi connectivity index (χ3n) is 3.09. The predicted molar refractivity (Wildman–Crippen MR) is 74.2 cm³/mol. The van der Waals surface area contributed by atoms with E-state index in [1.54, 1.807) is 0 Å². The summed E-state index contributed by atoms with van der Waals surface area (Å²) in [6, 6.07) is 3.86. The van der Waals surface area contributed by atoms with Gasteiger partial charge in [-0.15, -0.1) is 0 Å². The minimum absolute atomic E-state index is 0.0688. The van der Waals surface area contributed by atoms with Crippen LogP contribution in [0.2, 0.25) is 0 Å². The molecule has 1 aliphatic heterocycles. The first kappa shape index (κ1) is 12.4. The summed E-state index contributed by atoms with van der Waals surface area (Å²) in [4.78, 5) is 14.0. The number of fused-ring (bicyclic) bond motifs is 1. The van der Waals surface area contributed by atoms with Crippen LogP contribution in [0.25, 0.3) is 0 Å². The Morgan fingerprint density at radius 2 is 2.12 bits per heavy atom. The summed E-state index contributed by atoms with van der Waals surface area (Å²) in [6.07, 6.45) is 0. The van der Waals surface area contributed by atoms with E-state index in [0.717, 1.165) is 22.3 Å². The zero-order valence-electron chi connectivity index (χ0n) is 10.3. The standard InChI is InChI=1S/C13H17BrN2O/c1-7(2)6-16-12-5-11(15)10(14)4-9(12)8(3)13(16)17/h4-5,7-8H,6,15H2,1-3H3. The number of hydrogen-bond acceptors (Lipinski definition) is 2. The minimum Gasteiger partial charge on any atom is -0.398 e. The third-order valence-corrected chi connectivity index (χ3v) is 3.77. The number of hydrogen-bond donors (Lipinski definition) is 1. The molecule has 1 atom stereocenters. The fraction of sp³-hybridized carbons (Fsp3) is 0.462. The highest BCUT2D eigenvalue weighted by molar-refractivity contribution is 9.10. The van der Waals surface area contributed by atoms with Crippen LogP contribution in [0.3, 0.4) is 0 Å². The molecule has 0 radical (unpaired) electrons. The van der Waals surface area contributed by atoms with Crippen molar-refractivity contribution in [3.8, 4) is 0 Å². The van der Waals surface area contributed by atoms with Crippen LogP contribution in [-0.4, -0.2) is 12.5 Å². The Kier molecular flexibility index (Phi) is 3.17. The molecule has 0 aliphatic carbocycles. The smallest absolute Gasteiger partial charge is 0.234 e. The van der Waals surface area contributed by atoms with E-state index in [0.29, 0.717) is 11.6 Å². The predicted octanol–water partition coefficient (Wildman–Crippen LogP) is 3.14. The molecule has 0 saturated heterocycles. The molecule has 17 heavy (non-hydrogen) atoms. The van der Waals surface area contributed by atoms with Crippen LogP contribution in [0.5, 0.6) is 0 Å². The normalized spacial score (nSPS) is 19.0. The van der Waals surface area contributed by atoms with Crippen molar-refractivity contribution in [2.45, 2.75) is 26.7 Å². The molecule has 1 aromatic carbocycles. The number of nitrogens with zero attached hydrogens (tertiary/aromatic N) is 1. The summed E-state index contributed by atoms with van der Waals surface area (Å²) >= 11 is 3.41. The summed E-state index contributed by atoms with van der Waals surface area (Å²) in [5.41, 5.74) is 8.61. The van der Waals surface area contributed by atoms with E-state index in [-0.39, 0.29) is 11.8 Å². The van der Waals surface area contributed by atoms with Crippen LogP contribution >= 0.6 is 15.9 Å². The second-order valence-electron chi connectivity index (χ2n) is 5.00. The third kappa shape index (κ3) is 2.06. The maximum Gasteiger partial charge on any atom is 0.234 e. The molecule has 3 nitrogen and oxygen atoms in total. The zero-order valence-corrected chi connectivity index (χ0v) is 11.9. The minimum atomic E-state index is -0.0688. The lowest BCUT2D eigenvalue weighted by molar-refractivity contribution is -0.119. The average molecular weight is 297 g/mol. The van der Waals surface area contributed by atoms with Gasteiger partial charge >= 0.3 is 0 Å². The SMILES string of the molecule is CC(C)CN1C(=O)C(C)c2cc(Br)c(N)cc21. The Hall–Kier alpha value is -1.03. The molecule has 2 N–H and O–H groups in total. The number of amides is 1. The van der Waals surface area contributed by atoms with Gasteiger partial charge in [-0.2, -0.15) is 0 Å². The number of rotatable bonds is 2. The molecule has 1 amide bonds. The van der Waals surface area contributed by atoms with Gasteiger partial charge in [0.1, 0.15) is 0 Å². The molecule has 92 valence electrons. The maximum absolute atomic E-state index is 12.2. The lowest BCUT2D eigenvalue weighted by atomic mass is 10.0. The lowest BCUT2D eigenvalue weighted by Gasteiger charge is -2.20. The molecule has 1 aliphatic rings. The van der Waals surface area contributed by atoms with E-state index in [1.807, 2.05) is 24.0 Å². The molecule has 1 aromatic rings. The first-order valence-corrected chi connectivity index (χ1v) is 6.61. The summed E-state index contributed by atoms with van der Waals surface area (Å²) in [5, 5.41) is 0. The van der Waals surface area contributed by atoms with E-state index in [4.69, 9.17) is 5.73 Å². The summed E-state index contributed by atoms with van der Waals surface area (Å²) in [6.45, 7) is 6.91. The first-order chi connectivity index (χ1) is 7.91. The van der Waals surface area contributed by atoms with Crippen molar-refractivity contribution < 1.29 is 4.79 Å². The van der Waals surface area contributed by atoms with E-state index in [9.17, 15) is 4.79 Å². The van der Waals surface area contributed by atoms with Gasteiger partial charge in [-0.1, -0.05) is 13.8 Å². The van der Waals surface area contributed by atoms with Crippen LogP contribution in [0, 0.1) is 5.92 Å². The number of anilines is 2. The Balaban J connectivity index is 2.48. The second-order valence-corrected chi connectivity index (χ2v) is 5.85. The van der Waals surface area contributed by atoms with Crippen molar-refractivity contribution in [1.29, 1.82) is 0 Å². The molecule has 1 heterocycles. The highest BCUT2D eigenvalue weighted by Gasteiger charge is 2.34. The van der Waals surface area contributed by atoms with Crippen LogP contribution in [0.15, 0.2) is 16.6 Å². The van der Waals surface area contributed by atoms with Gasteiger partial charge in [-0.25, -0.2) is 0 Å². The quantitative estimate of drug-likeness (QED) is 0.852. The van der Waals surface area contributed by atoms with Crippen molar-refractivity contribution >= 4 is 33.2 Å². The van der Waals surface area contributed by atoms with Gasteiger partial charge in [-0.05, 0) is 46.5 Å². The summed E-state index contributed by atoms with van der Waals surface area (Å²) in [7, 11) is 0. The monoisotopic (exact) mass is 296 g/mol. The number of halogens is 1. The van der Waals surface area contributed by atoms with Gasteiger partial charge in [0.2, 0.25) is 5.91 Å².